The van der Waals surface area contributed by atoms with Gasteiger partial charge in [0.1, 0.15) is 23.7 Å². The quantitative estimate of drug-likeness (QED) is 0.163. The maximum atomic E-state index is 13.2. The van der Waals surface area contributed by atoms with Gasteiger partial charge in [-0.3, -0.25) is 14.4 Å². The molecule has 4 amide bonds. The lowest BCUT2D eigenvalue weighted by Gasteiger charge is -2.30. The molecule has 0 aliphatic rings. The van der Waals surface area contributed by atoms with E-state index in [0.717, 1.165) is 5.69 Å². The number of alkyl carbamates (subject to hydrolysis) is 1. The van der Waals surface area contributed by atoms with Crippen LogP contribution in [0.15, 0.2) is 5.38 Å². The van der Waals surface area contributed by atoms with Crippen molar-refractivity contribution in [1.82, 2.24) is 31.2 Å². The highest BCUT2D eigenvalue weighted by atomic mass is 32.2. The van der Waals surface area contributed by atoms with Crippen LogP contribution < -0.4 is 21.3 Å². The van der Waals surface area contributed by atoms with E-state index in [4.69, 9.17) is 4.74 Å². The average Bonchev–Trinajstić information content (AvgIpc) is 3.30. The third-order valence-corrected chi connectivity index (χ3v) is 7.71. The first-order valence-corrected chi connectivity index (χ1v) is 16.5. The molecule has 14 heteroatoms. The van der Waals surface area contributed by atoms with E-state index in [1.165, 1.54) is 23.1 Å². The molecule has 1 aromatic rings. The first kappa shape index (κ1) is 37.6. The summed E-state index contributed by atoms with van der Waals surface area (Å²) in [4.78, 5) is 57.4. The molecule has 0 radical (unpaired) electrons. The number of amides is 4. The van der Waals surface area contributed by atoms with E-state index in [1.54, 1.807) is 6.92 Å². The number of rotatable bonds is 18. The predicted molar refractivity (Wildman–Crippen MR) is 167 cm³/mol. The maximum Gasteiger partial charge on any atom is 0.408 e. The van der Waals surface area contributed by atoms with Crippen molar-refractivity contribution < 1.29 is 29.0 Å². The van der Waals surface area contributed by atoms with Crippen LogP contribution in [0.1, 0.15) is 58.2 Å². The second-order valence-corrected chi connectivity index (χ2v) is 13.4. The monoisotopic (exact) mass is 630 g/mol. The van der Waals surface area contributed by atoms with Crippen molar-refractivity contribution in [3.05, 3.63) is 16.1 Å². The van der Waals surface area contributed by atoms with Gasteiger partial charge in [-0.1, -0.05) is 20.8 Å². The smallest absolute Gasteiger partial charge is 0.408 e. The molecule has 0 bridgehead atoms. The average molecular weight is 631 g/mol. The minimum atomic E-state index is -1.04. The number of aliphatic hydroxyl groups is 1. The summed E-state index contributed by atoms with van der Waals surface area (Å²) >= 11 is 2.77. The topological polar surface area (TPSA) is 162 Å². The summed E-state index contributed by atoms with van der Waals surface area (Å²) in [5.41, 5.74) is 0.838. The number of thiazole rings is 1. The molecule has 240 valence electrons. The zero-order valence-corrected chi connectivity index (χ0v) is 28.0. The third-order valence-electron chi connectivity index (χ3n) is 6.11. The normalized spacial score (nSPS) is 15.1. The maximum absolute atomic E-state index is 13.2. The summed E-state index contributed by atoms with van der Waals surface area (Å²) in [7, 11) is 3.63. The van der Waals surface area contributed by atoms with Gasteiger partial charge in [0.2, 0.25) is 17.7 Å². The Labute approximate surface area is 258 Å². The zero-order chi connectivity index (χ0) is 32.0. The molecule has 0 aliphatic carbocycles. The van der Waals surface area contributed by atoms with Crippen molar-refractivity contribution in [2.75, 3.05) is 32.6 Å². The molecule has 0 aromatic carbocycles. The van der Waals surface area contributed by atoms with Gasteiger partial charge in [-0.2, -0.15) is 11.8 Å². The van der Waals surface area contributed by atoms with Gasteiger partial charge >= 0.3 is 6.09 Å². The first-order chi connectivity index (χ1) is 19.6. The minimum Gasteiger partial charge on any atom is -0.442 e. The Kier molecular flexibility index (Phi) is 17.0. The van der Waals surface area contributed by atoms with Gasteiger partial charge in [0.15, 0.2) is 0 Å². The van der Waals surface area contributed by atoms with Crippen LogP contribution in [-0.4, -0.2) is 102 Å². The molecule has 0 aliphatic heterocycles. The van der Waals surface area contributed by atoms with Crippen molar-refractivity contribution in [3.63, 3.8) is 0 Å². The Morgan fingerprint density at radius 3 is 2.14 bits per heavy atom. The predicted octanol–water partition coefficient (Wildman–Crippen LogP) is 1.90. The van der Waals surface area contributed by atoms with E-state index in [1.807, 2.05) is 65.2 Å². The number of nitrogens with zero attached hydrogens (tertiary/aromatic N) is 2. The second kappa shape index (κ2) is 19.0. The Morgan fingerprint density at radius 2 is 1.62 bits per heavy atom. The molecule has 12 nitrogen and oxygen atoms in total. The van der Waals surface area contributed by atoms with E-state index in [-0.39, 0.29) is 36.8 Å². The van der Waals surface area contributed by atoms with Crippen LogP contribution in [0.4, 0.5) is 4.79 Å². The van der Waals surface area contributed by atoms with Crippen molar-refractivity contribution in [2.45, 2.75) is 91.3 Å². The Morgan fingerprint density at radius 1 is 0.976 bits per heavy atom. The lowest BCUT2D eigenvalue weighted by Crippen LogP contribution is -2.55. The van der Waals surface area contributed by atoms with Crippen LogP contribution in [0.5, 0.6) is 0 Å². The largest absolute Gasteiger partial charge is 0.442 e. The molecule has 42 heavy (non-hydrogen) atoms. The molecule has 0 spiro atoms. The summed E-state index contributed by atoms with van der Waals surface area (Å²) in [6, 6.07) is -2.37. The van der Waals surface area contributed by atoms with Gasteiger partial charge in [-0.25, -0.2) is 9.78 Å². The standard InChI is InChI=1S/C28H50N6O6S2/c1-16(2)10-20(23(35)11-18(5)25(36)32-21(12-34(7)8)26(37)29-17(3)4)31-27(38)22(15-41-9)33-28(39)40-13-24-30-19(6)14-42-24/h14,16-18,20-23,35H,10-13,15H2,1-9H3,(H,29,37)(H,31,38)(H,32,36)(H,33,39)/t18-,20-,21-,22+,23+/m1/s1. The fourth-order valence-corrected chi connectivity index (χ4v) is 5.38. The molecule has 0 unspecified atom stereocenters. The van der Waals surface area contributed by atoms with Crippen LogP contribution in [-0.2, 0) is 25.7 Å². The molecule has 1 rings (SSSR count). The van der Waals surface area contributed by atoms with E-state index >= 15 is 0 Å². The Hall–Kier alpha value is -2.42. The summed E-state index contributed by atoms with van der Waals surface area (Å²) in [6.45, 7) is 11.5. The number of hydrogen-bond acceptors (Lipinski definition) is 10. The lowest BCUT2D eigenvalue weighted by molar-refractivity contribution is -0.132. The molecule has 1 aromatic heterocycles. The van der Waals surface area contributed by atoms with Crippen LogP contribution in [0.3, 0.4) is 0 Å². The number of carbonyl (C=O) groups is 4. The van der Waals surface area contributed by atoms with Crippen molar-refractivity contribution in [3.8, 4) is 0 Å². The number of aryl methyl sites for hydroxylation is 1. The fourth-order valence-electron chi connectivity index (χ4n) is 4.13. The van der Waals surface area contributed by atoms with E-state index < -0.39 is 42.1 Å². The highest BCUT2D eigenvalue weighted by molar-refractivity contribution is 7.98. The molecule has 5 N–H and O–H groups in total. The summed E-state index contributed by atoms with van der Waals surface area (Å²) < 4.78 is 5.24. The third kappa shape index (κ3) is 14.7. The molecular weight excluding hydrogens is 580 g/mol. The van der Waals surface area contributed by atoms with Crippen LogP contribution >= 0.6 is 23.1 Å². The molecule has 0 fully saturated rings. The number of nitrogens with one attached hydrogen (secondary N) is 4. The van der Waals surface area contributed by atoms with Gasteiger partial charge in [-0.15, -0.1) is 11.3 Å². The van der Waals surface area contributed by atoms with Gasteiger partial charge in [0, 0.05) is 35.3 Å². The van der Waals surface area contributed by atoms with E-state index in [2.05, 4.69) is 26.3 Å². The van der Waals surface area contributed by atoms with Crippen molar-refractivity contribution in [1.29, 1.82) is 0 Å². The molecule has 0 saturated heterocycles. The van der Waals surface area contributed by atoms with Crippen molar-refractivity contribution in [2.24, 2.45) is 11.8 Å². The summed E-state index contributed by atoms with van der Waals surface area (Å²) in [6.07, 6.45) is 0.569. The van der Waals surface area contributed by atoms with Gasteiger partial charge in [-0.05, 0) is 59.9 Å². The Balaban J connectivity index is 2.85. The number of thioether (sulfide) groups is 1. The summed E-state index contributed by atoms with van der Waals surface area (Å²) in [5.74, 6) is -1.30. The first-order valence-electron chi connectivity index (χ1n) is 14.2. The van der Waals surface area contributed by atoms with Crippen LogP contribution in [0.2, 0.25) is 0 Å². The zero-order valence-electron chi connectivity index (χ0n) is 26.4. The SMILES string of the molecule is CSC[C@H](NC(=O)OCc1nc(C)cs1)C(=O)N[C@H](CC(C)C)[C@@H](O)C[C@@H](C)C(=O)N[C@H](CN(C)C)C(=O)NC(C)C. The Bertz CT molecular complexity index is 1010. The lowest BCUT2D eigenvalue weighted by atomic mass is 9.92. The van der Waals surface area contributed by atoms with Crippen LogP contribution in [0, 0.1) is 18.8 Å². The fraction of sp³-hybridized carbons (Fsp3) is 0.750. The molecule has 0 saturated carbocycles. The number of aliphatic hydroxyl groups excluding tert-OH is 1. The molecule has 5 atom stereocenters. The van der Waals surface area contributed by atoms with E-state index in [9.17, 15) is 24.3 Å². The number of aromatic nitrogens is 1. The van der Waals surface area contributed by atoms with Gasteiger partial charge in [0.05, 0.1) is 12.1 Å². The number of hydrogen-bond donors (Lipinski definition) is 5. The minimum absolute atomic E-state index is 0.00111. The second-order valence-electron chi connectivity index (χ2n) is 11.5. The van der Waals surface area contributed by atoms with Crippen LogP contribution in [0.25, 0.3) is 0 Å². The van der Waals surface area contributed by atoms with Gasteiger partial charge in [0.25, 0.3) is 0 Å². The van der Waals surface area contributed by atoms with E-state index in [0.29, 0.717) is 23.7 Å². The number of carbonyl (C=O) groups excluding carboxylic acids is 4. The highest BCUT2D eigenvalue weighted by Crippen LogP contribution is 2.17. The van der Waals surface area contributed by atoms with Gasteiger partial charge < -0.3 is 36.0 Å². The summed E-state index contributed by atoms with van der Waals surface area (Å²) in [5, 5.41) is 24.8. The molecule has 1 heterocycles. The highest BCUT2D eigenvalue weighted by Gasteiger charge is 2.31. The number of likely N-dealkylation sites (N-methyl/N-ethyl adjacent to an activating group) is 1. The molecular formula is C28H50N6O6S2. The van der Waals surface area contributed by atoms with Crippen molar-refractivity contribution >= 4 is 46.9 Å². The number of ether oxygens (including phenoxy) is 1.